The normalized spacial score (nSPS) is 26.4. The van der Waals surface area contributed by atoms with Crippen LogP contribution in [0.1, 0.15) is 45.2 Å². The summed E-state index contributed by atoms with van der Waals surface area (Å²) >= 11 is 13.2. The molecule has 2 aliphatic rings. The van der Waals surface area contributed by atoms with Gasteiger partial charge in [0.15, 0.2) is 5.54 Å². The number of rotatable bonds is 5. The van der Waals surface area contributed by atoms with E-state index in [2.05, 4.69) is 5.32 Å². The second kappa shape index (κ2) is 9.24. The fraction of sp³-hybridized carbons (Fsp3) is 0.222. The Morgan fingerprint density at radius 3 is 2.08 bits per heavy atom. The molecule has 0 radical (unpaired) electrons. The molecule has 0 aliphatic carbocycles. The molecule has 7 nitrogen and oxygen atoms in total. The van der Waals surface area contributed by atoms with Gasteiger partial charge in [-0.1, -0.05) is 71.7 Å². The predicted octanol–water partition coefficient (Wildman–Crippen LogP) is 4.66. The van der Waals surface area contributed by atoms with Crippen LogP contribution in [0.3, 0.4) is 0 Å². The van der Waals surface area contributed by atoms with E-state index in [0.717, 1.165) is 0 Å². The Labute approximate surface area is 217 Å². The van der Waals surface area contributed by atoms with Gasteiger partial charge < -0.3 is 14.8 Å². The second-order valence-corrected chi connectivity index (χ2v) is 9.44. The highest BCUT2D eigenvalue weighted by Crippen LogP contribution is 2.67. The molecule has 36 heavy (non-hydrogen) atoms. The SMILES string of the molecule is COC(=O)c1ccc([C@@H]2NC(=O)[C@H](c3ccccc3)[C@]3(C(=O)OC)[C@@H](c4c(Cl)cccc4Cl)N23)cc1. The van der Waals surface area contributed by atoms with Crippen molar-refractivity contribution in [3.63, 3.8) is 0 Å². The quantitative estimate of drug-likeness (QED) is 0.386. The van der Waals surface area contributed by atoms with Crippen LogP contribution in [0, 0.1) is 0 Å². The minimum Gasteiger partial charge on any atom is -0.468 e. The smallest absolute Gasteiger partial charge is 0.337 e. The topological polar surface area (TPSA) is 84.7 Å². The number of hydrogen-bond acceptors (Lipinski definition) is 6. The number of methoxy groups -OCH3 is 2. The third kappa shape index (κ3) is 3.58. The minimum atomic E-state index is -1.39. The Bertz CT molecular complexity index is 1330. The summed E-state index contributed by atoms with van der Waals surface area (Å²) < 4.78 is 10.1. The van der Waals surface area contributed by atoms with E-state index in [1.54, 1.807) is 42.5 Å². The number of fused-ring (bicyclic) bond motifs is 1. The number of benzene rings is 3. The number of hydrogen-bond donors (Lipinski definition) is 1. The molecular formula is C27H22Cl2N2O5. The van der Waals surface area contributed by atoms with Gasteiger partial charge in [0.25, 0.3) is 0 Å². The zero-order valence-electron chi connectivity index (χ0n) is 19.4. The summed E-state index contributed by atoms with van der Waals surface area (Å²) in [6.45, 7) is 0. The van der Waals surface area contributed by atoms with E-state index in [4.69, 9.17) is 32.7 Å². The number of amides is 1. The molecule has 3 aromatic carbocycles. The highest BCUT2D eigenvalue weighted by atomic mass is 35.5. The van der Waals surface area contributed by atoms with Gasteiger partial charge in [-0.25, -0.2) is 9.59 Å². The maximum Gasteiger partial charge on any atom is 0.337 e. The molecule has 2 heterocycles. The lowest BCUT2D eigenvalue weighted by Crippen LogP contribution is -2.53. The Morgan fingerprint density at radius 1 is 0.861 bits per heavy atom. The van der Waals surface area contributed by atoms with Crippen LogP contribution in [0.2, 0.25) is 10.0 Å². The average molecular weight is 525 g/mol. The van der Waals surface area contributed by atoms with Gasteiger partial charge in [0.2, 0.25) is 5.91 Å². The zero-order valence-corrected chi connectivity index (χ0v) is 20.9. The standard InChI is InChI=1S/C27H22Cl2N2O5/c1-35-25(33)17-13-11-16(12-14-17)23-30-24(32)21(15-7-4-3-5-8-15)27(26(34)36-2)22(31(23)27)20-18(28)9-6-10-19(20)29/h3-14,21-23H,1-2H3,(H,30,32)/t21-,22+,23+,27+,31?/m0/s1. The van der Waals surface area contributed by atoms with Crippen molar-refractivity contribution in [3.05, 3.63) is 105 Å². The monoisotopic (exact) mass is 524 g/mol. The van der Waals surface area contributed by atoms with Crippen molar-refractivity contribution >= 4 is 41.0 Å². The van der Waals surface area contributed by atoms with Crippen LogP contribution in [0.5, 0.6) is 0 Å². The van der Waals surface area contributed by atoms with Crippen molar-refractivity contribution in [1.29, 1.82) is 0 Å². The van der Waals surface area contributed by atoms with E-state index in [0.29, 0.717) is 32.3 Å². The van der Waals surface area contributed by atoms with Crippen LogP contribution in [-0.2, 0) is 19.1 Å². The first-order chi connectivity index (χ1) is 17.4. The van der Waals surface area contributed by atoms with Gasteiger partial charge in [0, 0.05) is 15.6 Å². The first-order valence-corrected chi connectivity index (χ1v) is 12.0. The van der Waals surface area contributed by atoms with E-state index in [-0.39, 0.29) is 5.91 Å². The van der Waals surface area contributed by atoms with Gasteiger partial charge in [-0.3, -0.25) is 9.69 Å². The van der Waals surface area contributed by atoms with Gasteiger partial charge in [-0.15, -0.1) is 0 Å². The summed E-state index contributed by atoms with van der Waals surface area (Å²) in [5.41, 5.74) is 0.844. The van der Waals surface area contributed by atoms with E-state index in [1.807, 2.05) is 35.2 Å². The lowest BCUT2D eigenvalue weighted by Gasteiger charge is -2.35. The minimum absolute atomic E-state index is 0.337. The molecule has 3 aromatic rings. The highest BCUT2D eigenvalue weighted by molar-refractivity contribution is 6.36. The van der Waals surface area contributed by atoms with Gasteiger partial charge >= 0.3 is 11.9 Å². The van der Waals surface area contributed by atoms with Crippen molar-refractivity contribution in [2.24, 2.45) is 0 Å². The van der Waals surface area contributed by atoms with Crippen LogP contribution < -0.4 is 5.32 Å². The van der Waals surface area contributed by atoms with Gasteiger partial charge in [0.05, 0.1) is 31.7 Å². The summed E-state index contributed by atoms with van der Waals surface area (Å²) in [6, 6.07) is 20.2. The van der Waals surface area contributed by atoms with Gasteiger partial charge in [-0.2, -0.15) is 0 Å². The number of halogens is 2. The molecule has 184 valence electrons. The summed E-state index contributed by atoms with van der Waals surface area (Å²) in [5, 5.41) is 3.81. The molecule has 0 bridgehead atoms. The molecule has 1 unspecified atom stereocenters. The first kappa shape index (κ1) is 24.3. The maximum absolute atomic E-state index is 13.7. The zero-order chi connectivity index (χ0) is 25.6. The Hall–Kier alpha value is -3.39. The molecule has 5 rings (SSSR count). The van der Waals surface area contributed by atoms with Crippen molar-refractivity contribution in [2.45, 2.75) is 23.7 Å². The van der Waals surface area contributed by atoms with Crippen LogP contribution in [-0.4, -0.2) is 42.5 Å². The summed E-state index contributed by atoms with van der Waals surface area (Å²) in [6.07, 6.45) is -0.708. The van der Waals surface area contributed by atoms with Crippen LogP contribution in [0.4, 0.5) is 0 Å². The van der Waals surface area contributed by atoms with E-state index in [9.17, 15) is 14.4 Å². The first-order valence-electron chi connectivity index (χ1n) is 11.2. The number of carbonyl (C=O) groups is 3. The third-order valence-corrected chi connectivity index (χ3v) is 7.54. The number of carbonyl (C=O) groups excluding carboxylic acids is 3. The van der Waals surface area contributed by atoms with Gasteiger partial charge in [-0.05, 0) is 35.4 Å². The third-order valence-electron chi connectivity index (χ3n) is 6.88. The number of nitrogens with zero attached hydrogens (tertiary/aromatic N) is 1. The summed E-state index contributed by atoms with van der Waals surface area (Å²) in [4.78, 5) is 41.2. The lowest BCUT2D eigenvalue weighted by molar-refractivity contribution is -0.151. The number of ether oxygens (including phenoxy) is 2. The van der Waals surface area contributed by atoms with E-state index in [1.165, 1.54) is 14.2 Å². The fourth-order valence-electron chi connectivity index (χ4n) is 5.33. The number of esters is 2. The van der Waals surface area contributed by atoms with Crippen LogP contribution >= 0.6 is 23.2 Å². The van der Waals surface area contributed by atoms with Crippen molar-refractivity contribution in [3.8, 4) is 0 Å². The van der Waals surface area contributed by atoms with Crippen molar-refractivity contribution in [1.82, 2.24) is 10.2 Å². The van der Waals surface area contributed by atoms with Crippen LogP contribution in [0.25, 0.3) is 0 Å². The predicted molar refractivity (Wildman–Crippen MR) is 134 cm³/mol. The molecule has 1 amide bonds. The molecule has 2 fully saturated rings. The highest BCUT2D eigenvalue weighted by Gasteiger charge is 2.79. The molecule has 0 aromatic heterocycles. The van der Waals surface area contributed by atoms with Crippen molar-refractivity contribution in [2.75, 3.05) is 14.2 Å². The fourth-order valence-corrected chi connectivity index (χ4v) is 5.93. The Kier molecular flexibility index (Phi) is 6.24. The molecule has 1 N–H and O–H groups in total. The molecule has 2 saturated heterocycles. The summed E-state index contributed by atoms with van der Waals surface area (Å²) in [7, 11) is 2.60. The Morgan fingerprint density at radius 2 is 1.50 bits per heavy atom. The summed E-state index contributed by atoms with van der Waals surface area (Å²) in [5.74, 6) is -2.26. The maximum atomic E-state index is 13.7. The number of nitrogens with one attached hydrogen (secondary N) is 1. The van der Waals surface area contributed by atoms with Crippen molar-refractivity contribution < 1.29 is 23.9 Å². The van der Waals surface area contributed by atoms with Crippen LogP contribution in [0.15, 0.2) is 72.8 Å². The van der Waals surface area contributed by atoms with E-state index < -0.39 is 35.6 Å². The molecule has 9 heteroatoms. The molecule has 2 aliphatic heterocycles. The molecule has 0 spiro atoms. The second-order valence-electron chi connectivity index (χ2n) is 8.63. The molecular weight excluding hydrogens is 503 g/mol. The molecule has 5 atom stereocenters. The Balaban J connectivity index is 1.70. The largest absolute Gasteiger partial charge is 0.468 e. The average Bonchev–Trinajstić information content (AvgIpc) is 3.57. The van der Waals surface area contributed by atoms with Gasteiger partial charge in [0.1, 0.15) is 6.17 Å². The van der Waals surface area contributed by atoms with E-state index >= 15 is 0 Å². The molecule has 0 saturated carbocycles. The lowest BCUT2D eigenvalue weighted by atomic mass is 9.79.